The number of rotatable bonds is 5. The molecule has 268 valence electrons. The van der Waals surface area contributed by atoms with Gasteiger partial charge in [-0.15, -0.1) is 0 Å². The number of methoxy groups -OCH3 is 1. The molecule has 5 fully saturated rings. The fourth-order valence-electron chi connectivity index (χ4n) is 11.9. The fraction of sp³-hybridized carbons (Fsp3) is 0.786. The van der Waals surface area contributed by atoms with Crippen LogP contribution in [0, 0.1) is 51.2 Å². The molecule has 0 aromatic heterocycles. The number of hydrogen-bond donors (Lipinski definition) is 1. The predicted molar refractivity (Wildman–Crippen MR) is 190 cm³/mol. The molecular formula is C42H64O6. The maximum atomic E-state index is 11.1. The number of fused-ring (bicyclic) bond motifs is 9. The van der Waals surface area contributed by atoms with Gasteiger partial charge >= 0.3 is 5.97 Å². The highest BCUT2D eigenvalue weighted by atomic mass is 16.7. The molecule has 1 aromatic carbocycles. The zero-order valence-electron chi connectivity index (χ0n) is 31.2. The minimum absolute atomic E-state index is 0.111. The first-order chi connectivity index (χ1) is 22.7. The highest BCUT2D eigenvalue weighted by Crippen LogP contribution is 2.73. The van der Waals surface area contributed by atoms with Gasteiger partial charge in [-0.1, -0.05) is 46.3 Å². The van der Waals surface area contributed by atoms with Crippen molar-refractivity contribution in [2.24, 2.45) is 51.2 Å². The molecule has 6 heteroatoms. The smallest absolute Gasteiger partial charge is 0.337 e. The largest absolute Gasteiger partial charge is 0.494 e. The summed E-state index contributed by atoms with van der Waals surface area (Å²) in [6.45, 7) is 18.9. The summed E-state index contributed by atoms with van der Waals surface area (Å²) in [6, 6.07) is 6.67. The molecule has 7 rings (SSSR count). The molecule has 1 saturated heterocycles. The first-order valence-corrected chi connectivity index (χ1v) is 19.1. The Morgan fingerprint density at radius 2 is 1.67 bits per heavy atom. The molecule has 8 unspecified atom stereocenters. The van der Waals surface area contributed by atoms with E-state index in [1.54, 1.807) is 24.3 Å². The van der Waals surface area contributed by atoms with E-state index in [1.807, 2.05) is 5.57 Å². The van der Waals surface area contributed by atoms with Crippen molar-refractivity contribution < 1.29 is 28.8 Å². The molecule has 0 radical (unpaired) electrons. The Bertz CT molecular complexity index is 1330. The van der Waals surface area contributed by atoms with E-state index in [0.717, 1.165) is 30.3 Å². The lowest BCUT2D eigenvalue weighted by atomic mass is 9.35. The summed E-state index contributed by atoms with van der Waals surface area (Å²) < 4.78 is 22.6. The highest BCUT2D eigenvalue weighted by Gasteiger charge is 2.66. The number of hydrogen-bond acceptors (Lipinski definition) is 6. The molecule has 0 bridgehead atoms. The van der Waals surface area contributed by atoms with Crippen molar-refractivity contribution in [3.8, 4) is 5.75 Å². The van der Waals surface area contributed by atoms with Crippen LogP contribution >= 0.6 is 0 Å². The molecule has 1 N–H and O–H groups in total. The fourth-order valence-corrected chi connectivity index (χ4v) is 11.9. The number of benzene rings is 1. The van der Waals surface area contributed by atoms with Crippen molar-refractivity contribution in [1.29, 1.82) is 0 Å². The highest BCUT2D eigenvalue weighted by molar-refractivity contribution is 5.89. The molecule has 1 aliphatic heterocycles. The van der Waals surface area contributed by atoms with E-state index >= 15 is 0 Å². The molecule has 1 heterocycles. The molecule has 4 saturated carbocycles. The number of carbonyl (C=O) groups is 1. The summed E-state index contributed by atoms with van der Waals surface area (Å²) in [5.74, 6) is 3.88. The first-order valence-electron chi connectivity index (χ1n) is 19.1. The first kappa shape index (κ1) is 35.9. The molecule has 6 aliphatic rings. The summed E-state index contributed by atoms with van der Waals surface area (Å²) in [4.78, 5) is 11.1. The maximum Gasteiger partial charge on any atom is 0.337 e. The van der Waals surface area contributed by atoms with E-state index in [-0.39, 0.29) is 12.6 Å². The quantitative estimate of drug-likeness (QED) is 0.192. The van der Waals surface area contributed by atoms with Crippen LogP contribution in [0.5, 0.6) is 5.75 Å². The lowest BCUT2D eigenvalue weighted by molar-refractivity contribution is -0.322. The van der Waals surface area contributed by atoms with E-state index in [1.165, 1.54) is 71.3 Å². The Kier molecular flexibility index (Phi) is 9.98. The van der Waals surface area contributed by atoms with Crippen molar-refractivity contribution in [1.82, 2.24) is 0 Å². The van der Waals surface area contributed by atoms with Crippen LogP contribution in [-0.2, 0) is 14.2 Å². The van der Waals surface area contributed by atoms with Crippen LogP contribution in [0.1, 0.15) is 129 Å². The van der Waals surface area contributed by atoms with Gasteiger partial charge in [-0.3, -0.25) is 0 Å². The number of aliphatic hydroxyl groups excluding tert-OH is 1. The summed E-state index contributed by atoms with van der Waals surface area (Å²) in [5, 5.41) is 8.55. The Morgan fingerprint density at radius 1 is 0.938 bits per heavy atom. The maximum absolute atomic E-state index is 11.1. The average molecular weight is 665 g/mol. The second kappa shape index (κ2) is 13.3. The second-order valence-corrected chi connectivity index (χ2v) is 18.2. The average Bonchev–Trinajstić information content (AvgIpc) is 3.04. The SMILES string of the molecule is CC1(C)CCC2CC[C@]3(C)C(=CCC4C5(C)CCC6OC(C)(C)OCC6C5CCC43C)C2C1.COC(=O)c1ccc(OCCCO)cc1. The summed E-state index contributed by atoms with van der Waals surface area (Å²) in [7, 11) is 1.34. The van der Waals surface area contributed by atoms with Crippen molar-refractivity contribution in [3.05, 3.63) is 41.5 Å². The lowest BCUT2D eigenvalue weighted by Gasteiger charge is -2.70. The summed E-state index contributed by atoms with van der Waals surface area (Å²) in [6.07, 6.45) is 17.7. The van der Waals surface area contributed by atoms with Crippen LogP contribution in [0.4, 0.5) is 0 Å². The zero-order chi connectivity index (χ0) is 34.5. The van der Waals surface area contributed by atoms with Gasteiger partial charge in [0.1, 0.15) is 5.75 Å². The van der Waals surface area contributed by atoms with E-state index < -0.39 is 5.79 Å². The van der Waals surface area contributed by atoms with Crippen molar-refractivity contribution in [2.45, 2.75) is 131 Å². The van der Waals surface area contributed by atoms with E-state index in [9.17, 15) is 4.79 Å². The Labute approximate surface area is 290 Å². The minimum atomic E-state index is -0.402. The molecule has 48 heavy (non-hydrogen) atoms. The third kappa shape index (κ3) is 6.41. The predicted octanol–water partition coefficient (Wildman–Crippen LogP) is 9.39. The Balaban J connectivity index is 0.000000226. The van der Waals surface area contributed by atoms with E-state index in [0.29, 0.717) is 58.0 Å². The van der Waals surface area contributed by atoms with Gasteiger partial charge in [-0.2, -0.15) is 0 Å². The van der Waals surface area contributed by atoms with Crippen molar-refractivity contribution >= 4 is 5.97 Å². The number of allylic oxidation sites excluding steroid dienone is 2. The molecule has 5 aliphatic carbocycles. The third-order valence-electron chi connectivity index (χ3n) is 14.7. The van der Waals surface area contributed by atoms with Crippen LogP contribution in [0.25, 0.3) is 0 Å². The summed E-state index contributed by atoms with van der Waals surface area (Å²) >= 11 is 0. The van der Waals surface area contributed by atoms with Crippen molar-refractivity contribution in [2.75, 3.05) is 26.9 Å². The van der Waals surface area contributed by atoms with Crippen LogP contribution in [0.2, 0.25) is 0 Å². The number of ether oxygens (including phenoxy) is 4. The monoisotopic (exact) mass is 664 g/mol. The molecule has 0 amide bonds. The van der Waals surface area contributed by atoms with Crippen LogP contribution in [0.15, 0.2) is 35.9 Å². The molecule has 0 spiro atoms. The number of esters is 1. The minimum Gasteiger partial charge on any atom is -0.494 e. The Hall–Kier alpha value is -1.89. The third-order valence-corrected chi connectivity index (χ3v) is 14.7. The summed E-state index contributed by atoms with van der Waals surface area (Å²) in [5.41, 5.74) is 4.19. The number of carbonyl (C=O) groups excluding carboxylic acids is 1. The second-order valence-electron chi connectivity index (χ2n) is 18.2. The topological polar surface area (TPSA) is 74.2 Å². The van der Waals surface area contributed by atoms with Gasteiger partial charge < -0.3 is 24.1 Å². The normalized spacial score (nSPS) is 40.6. The molecule has 1 aromatic rings. The van der Waals surface area contributed by atoms with Crippen LogP contribution in [0.3, 0.4) is 0 Å². The van der Waals surface area contributed by atoms with Gasteiger partial charge in [0, 0.05) is 18.9 Å². The van der Waals surface area contributed by atoms with Gasteiger partial charge in [0.15, 0.2) is 5.79 Å². The molecule has 9 atom stereocenters. The lowest BCUT2D eigenvalue weighted by Crippen LogP contribution is -2.64. The van der Waals surface area contributed by atoms with E-state index in [4.69, 9.17) is 19.3 Å². The van der Waals surface area contributed by atoms with Crippen LogP contribution < -0.4 is 4.74 Å². The molecular weight excluding hydrogens is 600 g/mol. The standard InChI is InChI=1S/C31H50O2.C11H14O4/c1-27(2)14-10-20-11-16-30(6)24(21(20)18-27)8-9-26-29(5)15-13-25-22(19-32-28(3,4)33-25)23(29)12-17-31(26,30)7;1-14-11(13)9-3-5-10(6-4-9)15-8-2-7-12/h8,20-23,25-26H,9-19H2,1-7H3;3-6,12H,2,7-8H2,1H3/t20?,21?,22?,23?,25?,26?,29?,30-,31?;/m1./s1. The van der Waals surface area contributed by atoms with E-state index in [2.05, 4.69) is 59.3 Å². The van der Waals surface area contributed by atoms with Gasteiger partial charge in [0.05, 0.1) is 32.0 Å². The zero-order valence-corrected chi connectivity index (χ0v) is 31.2. The molecule has 6 nitrogen and oxygen atoms in total. The van der Waals surface area contributed by atoms with Gasteiger partial charge in [-0.25, -0.2) is 4.79 Å². The van der Waals surface area contributed by atoms with Gasteiger partial charge in [-0.05, 0) is 148 Å². The Morgan fingerprint density at radius 3 is 2.38 bits per heavy atom. The number of aliphatic hydroxyl groups is 1. The van der Waals surface area contributed by atoms with Crippen LogP contribution in [-0.4, -0.2) is 49.9 Å². The van der Waals surface area contributed by atoms with Gasteiger partial charge in [0.25, 0.3) is 0 Å². The van der Waals surface area contributed by atoms with Crippen molar-refractivity contribution in [3.63, 3.8) is 0 Å². The van der Waals surface area contributed by atoms with Gasteiger partial charge in [0.2, 0.25) is 0 Å².